The molecule has 0 bridgehead atoms. The minimum Gasteiger partial charge on any atom is -0.391 e. The van der Waals surface area contributed by atoms with Gasteiger partial charge in [-0.1, -0.05) is 30.3 Å². The number of aliphatic hydroxyl groups excluding tert-OH is 1. The van der Waals surface area contributed by atoms with Crippen molar-refractivity contribution in [2.75, 3.05) is 23.3 Å². The molecule has 2 atom stereocenters. The summed E-state index contributed by atoms with van der Waals surface area (Å²) in [5.74, 6) is -0.0871. The second-order valence-electron chi connectivity index (χ2n) is 8.05. The molecule has 4 rings (SSSR count). The van der Waals surface area contributed by atoms with Crippen LogP contribution >= 0.6 is 0 Å². The molecule has 186 valence electrons. The Bertz CT molecular complexity index is 1320. The number of nitrogens with zero attached hydrogens (tertiary/aromatic N) is 2. The first-order valence-corrected chi connectivity index (χ1v) is 12.2. The van der Waals surface area contributed by atoms with Gasteiger partial charge in [-0.25, -0.2) is 9.97 Å². The van der Waals surface area contributed by atoms with Gasteiger partial charge in [0.05, 0.1) is 30.0 Å². The fourth-order valence-electron chi connectivity index (χ4n) is 3.68. The van der Waals surface area contributed by atoms with E-state index in [0.29, 0.717) is 18.6 Å². The van der Waals surface area contributed by atoms with Crippen molar-refractivity contribution in [1.29, 1.82) is 0 Å². The van der Waals surface area contributed by atoms with E-state index in [4.69, 9.17) is 4.74 Å². The summed E-state index contributed by atoms with van der Waals surface area (Å²) in [5.41, 5.74) is -0.573. The van der Waals surface area contributed by atoms with Gasteiger partial charge in [0.25, 0.3) is 10.0 Å². The van der Waals surface area contributed by atoms with Gasteiger partial charge >= 0.3 is 6.18 Å². The molecule has 2 aromatic heterocycles. The van der Waals surface area contributed by atoms with Crippen LogP contribution in [0.4, 0.5) is 24.8 Å². The number of aromatic nitrogens is 2. The van der Waals surface area contributed by atoms with E-state index < -0.39 is 33.9 Å². The first-order chi connectivity index (χ1) is 16.5. The quantitative estimate of drug-likeness (QED) is 0.464. The Labute approximate surface area is 200 Å². The van der Waals surface area contributed by atoms with E-state index in [-0.39, 0.29) is 34.5 Å². The molecule has 1 aliphatic heterocycles. The zero-order valence-corrected chi connectivity index (χ0v) is 19.4. The first-order valence-electron chi connectivity index (χ1n) is 10.7. The van der Waals surface area contributed by atoms with Gasteiger partial charge in [-0.2, -0.15) is 21.6 Å². The van der Waals surface area contributed by atoms with Crippen molar-refractivity contribution in [3.05, 3.63) is 65.7 Å². The third-order valence-electron chi connectivity index (χ3n) is 5.49. The van der Waals surface area contributed by atoms with Gasteiger partial charge in [0.1, 0.15) is 11.6 Å². The van der Waals surface area contributed by atoms with Gasteiger partial charge in [-0.05, 0) is 43.2 Å². The van der Waals surface area contributed by atoms with E-state index in [0.717, 1.165) is 12.1 Å². The molecule has 35 heavy (non-hydrogen) atoms. The maximum atomic E-state index is 13.6. The third-order valence-corrected chi connectivity index (χ3v) is 6.75. The lowest BCUT2D eigenvalue weighted by molar-refractivity contribution is -0.137. The fraction of sp³-hybridized carbons (Fsp3) is 0.304. The molecule has 8 nitrogen and oxygen atoms in total. The third kappa shape index (κ3) is 5.72. The van der Waals surface area contributed by atoms with Gasteiger partial charge < -0.3 is 15.2 Å². The topological polar surface area (TPSA) is 113 Å². The maximum absolute atomic E-state index is 13.6. The number of aryl methyl sites for hydroxylation is 1. The summed E-state index contributed by atoms with van der Waals surface area (Å²) in [5, 5.41) is 12.7. The van der Waals surface area contributed by atoms with Crippen LogP contribution in [0.25, 0.3) is 11.3 Å². The van der Waals surface area contributed by atoms with Crippen LogP contribution in [0.1, 0.15) is 17.5 Å². The minimum absolute atomic E-state index is 0.198. The number of hydrogen-bond donors (Lipinski definition) is 3. The van der Waals surface area contributed by atoms with Crippen LogP contribution < -0.4 is 10.0 Å². The molecule has 1 aliphatic rings. The van der Waals surface area contributed by atoms with Crippen LogP contribution in [0.3, 0.4) is 0 Å². The Kier molecular flexibility index (Phi) is 6.97. The highest BCUT2D eigenvalue weighted by atomic mass is 32.2. The molecular formula is C23H23F3N4O4S. The summed E-state index contributed by atoms with van der Waals surface area (Å²) < 4.78 is 74.4. The number of sulfonamides is 1. The molecule has 3 heterocycles. The molecule has 0 spiro atoms. The standard InChI is InChI=1S/C23H23F3N4O4S/c1-14-5-2-3-6-15(14)22-16(23(24,25)26)9-10-20(29-22)30-35(32,33)21-8-4-7-19(28-21)27-17-13-34-12-11-18(17)31/h2-10,17-18,31H,11-13H2,1H3,(H,27,28)(H,29,30)/t17-,18-/m1/s1. The van der Waals surface area contributed by atoms with E-state index in [2.05, 4.69) is 20.0 Å². The molecule has 12 heteroatoms. The monoisotopic (exact) mass is 508 g/mol. The number of hydrogen-bond acceptors (Lipinski definition) is 7. The number of rotatable bonds is 6. The maximum Gasteiger partial charge on any atom is 0.418 e. The Morgan fingerprint density at radius 1 is 1.03 bits per heavy atom. The molecule has 3 N–H and O–H groups in total. The Morgan fingerprint density at radius 3 is 2.51 bits per heavy atom. The van der Waals surface area contributed by atoms with Gasteiger partial charge in [-0.15, -0.1) is 0 Å². The largest absolute Gasteiger partial charge is 0.418 e. The molecule has 1 fully saturated rings. The first kappa shape index (κ1) is 24.9. The van der Waals surface area contributed by atoms with Crippen molar-refractivity contribution in [2.45, 2.75) is 36.7 Å². The van der Waals surface area contributed by atoms with E-state index >= 15 is 0 Å². The van der Waals surface area contributed by atoms with Crippen LogP contribution in [0.15, 0.2) is 59.6 Å². The normalized spacial score (nSPS) is 18.8. The number of ether oxygens (including phenoxy) is 1. The number of pyridine rings is 2. The van der Waals surface area contributed by atoms with Gasteiger partial charge in [0.15, 0.2) is 5.03 Å². The SMILES string of the molecule is Cc1ccccc1-c1nc(NS(=O)(=O)c2cccc(N[C@@H]3COCC[C@H]3O)n2)ccc1C(F)(F)F. The van der Waals surface area contributed by atoms with E-state index in [1.807, 2.05) is 0 Å². The Morgan fingerprint density at radius 2 is 1.80 bits per heavy atom. The van der Waals surface area contributed by atoms with Gasteiger partial charge in [0.2, 0.25) is 0 Å². The molecule has 1 aromatic carbocycles. The number of alkyl halides is 3. The summed E-state index contributed by atoms with van der Waals surface area (Å²) in [6.07, 6.45) is -4.93. The lowest BCUT2D eigenvalue weighted by Gasteiger charge is -2.28. The summed E-state index contributed by atoms with van der Waals surface area (Å²) >= 11 is 0. The van der Waals surface area contributed by atoms with Crippen LogP contribution in [0.5, 0.6) is 0 Å². The zero-order valence-electron chi connectivity index (χ0n) is 18.6. The number of aliphatic hydroxyl groups is 1. The molecule has 0 amide bonds. The Hall–Kier alpha value is -3.22. The van der Waals surface area contributed by atoms with Crippen LogP contribution in [-0.2, 0) is 20.9 Å². The van der Waals surface area contributed by atoms with Crippen LogP contribution in [-0.4, -0.2) is 48.9 Å². The van der Waals surface area contributed by atoms with E-state index in [1.54, 1.807) is 25.1 Å². The number of benzene rings is 1. The van der Waals surface area contributed by atoms with E-state index in [1.165, 1.54) is 24.3 Å². The van der Waals surface area contributed by atoms with Crippen LogP contribution in [0.2, 0.25) is 0 Å². The summed E-state index contributed by atoms with van der Waals surface area (Å²) in [6.45, 7) is 2.30. The summed E-state index contributed by atoms with van der Waals surface area (Å²) in [4.78, 5) is 8.09. The number of nitrogens with one attached hydrogen (secondary N) is 2. The van der Waals surface area contributed by atoms with E-state index in [9.17, 15) is 26.7 Å². The van der Waals surface area contributed by atoms with Crippen LogP contribution in [0, 0.1) is 6.92 Å². The molecular weight excluding hydrogens is 485 g/mol. The highest BCUT2D eigenvalue weighted by molar-refractivity contribution is 7.92. The lowest BCUT2D eigenvalue weighted by atomic mass is 10.0. The van der Waals surface area contributed by atoms with Crippen molar-refractivity contribution < 1.29 is 31.4 Å². The predicted molar refractivity (Wildman–Crippen MR) is 123 cm³/mol. The number of anilines is 2. The lowest BCUT2D eigenvalue weighted by Crippen LogP contribution is -2.42. The molecule has 0 radical (unpaired) electrons. The smallest absolute Gasteiger partial charge is 0.391 e. The second kappa shape index (κ2) is 9.80. The minimum atomic E-state index is -4.68. The second-order valence-corrected chi connectivity index (χ2v) is 9.68. The van der Waals surface area contributed by atoms with Gasteiger partial charge in [0, 0.05) is 12.2 Å². The molecule has 1 saturated heterocycles. The zero-order chi connectivity index (χ0) is 25.2. The molecule has 0 unspecified atom stereocenters. The molecule has 0 aliphatic carbocycles. The van der Waals surface area contributed by atoms with Crippen molar-refractivity contribution in [3.63, 3.8) is 0 Å². The fourth-order valence-corrected chi connectivity index (χ4v) is 4.65. The molecule has 0 saturated carbocycles. The Balaban J connectivity index is 1.64. The highest BCUT2D eigenvalue weighted by Crippen LogP contribution is 2.38. The van der Waals surface area contributed by atoms with Crippen molar-refractivity contribution in [2.24, 2.45) is 0 Å². The van der Waals surface area contributed by atoms with Crippen molar-refractivity contribution in [1.82, 2.24) is 9.97 Å². The average Bonchev–Trinajstić information content (AvgIpc) is 2.80. The van der Waals surface area contributed by atoms with Crippen molar-refractivity contribution in [3.8, 4) is 11.3 Å². The number of halogens is 3. The molecule has 3 aromatic rings. The average molecular weight is 509 g/mol. The summed E-state index contributed by atoms with van der Waals surface area (Å²) in [7, 11) is -4.29. The summed E-state index contributed by atoms with van der Waals surface area (Å²) in [6, 6.07) is 11.9. The predicted octanol–water partition coefficient (Wildman–Crippen LogP) is 3.83. The highest BCUT2D eigenvalue weighted by Gasteiger charge is 2.35. The van der Waals surface area contributed by atoms with Gasteiger partial charge in [-0.3, -0.25) is 4.72 Å². The van der Waals surface area contributed by atoms with Crippen molar-refractivity contribution >= 4 is 21.7 Å².